The van der Waals surface area contributed by atoms with E-state index in [1.807, 2.05) is 38.1 Å². The van der Waals surface area contributed by atoms with Crippen molar-refractivity contribution in [2.45, 2.75) is 32.9 Å². The maximum absolute atomic E-state index is 6.13. The molecule has 26 heavy (non-hydrogen) atoms. The van der Waals surface area contributed by atoms with Crippen LogP contribution in [-0.2, 0) is 4.74 Å². The third-order valence-corrected chi connectivity index (χ3v) is 4.59. The van der Waals surface area contributed by atoms with Gasteiger partial charge in [-0.2, -0.15) is 0 Å². The van der Waals surface area contributed by atoms with Crippen molar-refractivity contribution in [2.24, 2.45) is 4.99 Å². The number of aliphatic imine (C=N–C) groups is 1. The Kier molecular flexibility index (Phi) is 4.59. The van der Waals surface area contributed by atoms with Crippen LogP contribution in [0.5, 0.6) is 5.75 Å². The Hall–Kier alpha value is -2.47. The lowest BCUT2D eigenvalue weighted by atomic mass is 10.1. The van der Waals surface area contributed by atoms with Crippen LogP contribution >= 0.6 is 0 Å². The zero-order valence-electron chi connectivity index (χ0n) is 15.5. The molecular formula is C20H24N4O2. The number of anilines is 1. The number of fused-ring (bicyclic) bond motifs is 1. The topological polar surface area (TPSA) is 59.8 Å². The minimum Gasteiger partial charge on any atom is -0.490 e. The van der Waals surface area contributed by atoms with E-state index in [2.05, 4.69) is 21.8 Å². The molecule has 4 heterocycles. The number of hydrogen-bond acceptors (Lipinski definition) is 6. The average molecular weight is 352 g/mol. The van der Waals surface area contributed by atoms with E-state index in [1.165, 1.54) is 0 Å². The second-order valence-electron chi connectivity index (χ2n) is 6.95. The van der Waals surface area contributed by atoms with Gasteiger partial charge in [-0.3, -0.25) is 9.98 Å². The predicted molar refractivity (Wildman–Crippen MR) is 103 cm³/mol. The number of pyridine rings is 2. The van der Waals surface area contributed by atoms with Gasteiger partial charge in [0.25, 0.3) is 0 Å². The molecule has 2 aliphatic heterocycles. The van der Waals surface area contributed by atoms with Gasteiger partial charge in [-0.25, -0.2) is 4.98 Å². The molecule has 0 unspecified atom stereocenters. The Morgan fingerprint density at radius 3 is 2.96 bits per heavy atom. The summed E-state index contributed by atoms with van der Waals surface area (Å²) in [5.41, 5.74) is 2.53. The molecule has 0 aliphatic carbocycles. The number of aromatic nitrogens is 2. The van der Waals surface area contributed by atoms with E-state index < -0.39 is 0 Å². The Morgan fingerprint density at radius 2 is 2.23 bits per heavy atom. The summed E-state index contributed by atoms with van der Waals surface area (Å²) in [4.78, 5) is 16.4. The third-order valence-electron chi connectivity index (χ3n) is 4.59. The van der Waals surface area contributed by atoms with Crippen molar-refractivity contribution in [3.05, 3.63) is 36.2 Å². The fourth-order valence-electron chi connectivity index (χ4n) is 3.38. The number of rotatable bonds is 4. The fourth-order valence-corrected chi connectivity index (χ4v) is 3.38. The smallest absolute Gasteiger partial charge is 0.133 e. The van der Waals surface area contributed by atoms with E-state index >= 15 is 0 Å². The molecule has 2 aromatic heterocycles. The van der Waals surface area contributed by atoms with Gasteiger partial charge >= 0.3 is 0 Å². The molecule has 136 valence electrons. The minimum atomic E-state index is 0.0795. The standard InChI is InChI=1S/C20H24N4O2/c1-13(2)26-17-11-18(24-9-10-25-12-14(24)3)23-19-15(17)6-8-22-20(19)16-5-4-7-21-16/h4-6,8,11,13-14H,7,9-10,12H2,1-3H3/t14-/m1/s1. The van der Waals surface area contributed by atoms with Gasteiger partial charge in [0, 0.05) is 24.2 Å². The van der Waals surface area contributed by atoms with Crippen molar-refractivity contribution >= 4 is 22.4 Å². The number of allylic oxidation sites excluding steroid dienone is 1. The van der Waals surface area contributed by atoms with Crippen molar-refractivity contribution in [1.29, 1.82) is 0 Å². The summed E-state index contributed by atoms with van der Waals surface area (Å²) in [6.07, 6.45) is 5.93. The SMILES string of the molecule is CC(C)Oc1cc(N2CCOC[C@H]2C)nc2c(C3=NCC=C3)nccc12. The second kappa shape index (κ2) is 7.03. The van der Waals surface area contributed by atoms with E-state index in [1.54, 1.807) is 6.20 Å². The molecule has 2 aliphatic rings. The molecule has 0 aromatic carbocycles. The highest BCUT2D eigenvalue weighted by atomic mass is 16.5. The highest BCUT2D eigenvalue weighted by molar-refractivity contribution is 6.15. The summed E-state index contributed by atoms with van der Waals surface area (Å²) in [5, 5.41) is 0.969. The summed E-state index contributed by atoms with van der Waals surface area (Å²) in [6.45, 7) is 9.15. The molecule has 1 saturated heterocycles. The molecule has 0 spiro atoms. The summed E-state index contributed by atoms with van der Waals surface area (Å²) in [6, 6.07) is 4.28. The van der Waals surface area contributed by atoms with Crippen molar-refractivity contribution in [3.63, 3.8) is 0 Å². The first-order valence-corrected chi connectivity index (χ1v) is 9.15. The average Bonchev–Trinajstić information content (AvgIpc) is 3.15. The number of ether oxygens (including phenoxy) is 2. The van der Waals surface area contributed by atoms with Crippen molar-refractivity contribution in [2.75, 3.05) is 31.2 Å². The lowest BCUT2D eigenvalue weighted by Gasteiger charge is -2.34. The minimum absolute atomic E-state index is 0.0795. The summed E-state index contributed by atoms with van der Waals surface area (Å²) in [7, 11) is 0. The second-order valence-corrected chi connectivity index (χ2v) is 6.95. The van der Waals surface area contributed by atoms with E-state index in [4.69, 9.17) is 14.5 Å². The van der Waals surface area contributed by atoms with Crippen molar-refractivity contribution in [3.8, 4) is 5.75 Å². The monoisotopic (exact) mass is 352 g/mol. The molecule has 0 saturated carbocycles. The van der Waals surface area contributed by atoms with Crippen molar-refractivity contribution in [1.82, 2.24) is 9.97 Å². The molecule has 0 amide bonds. The highest BCUT2D eigenvalue weighted by Crippen LogP contribution is 2.32. The Morgan fingerprint density at radius 1 is 1.35 bits per heavy atom. The van der Waals surface area contributed by atoms with Crippen LogP contribution in [0.1, 0.15) is 26.5 Å². The normalized spacial score (nSPS) is 20.1. The molecule has 6 heteroatoms. The third kappa shape index (κ3) is 3.17. The molecule has 6 nitrogen and oxygen atoms in total. The van der Waals surface area contributed by atoms with Crippen LogP contribution in [0, 0.1) is 0 Å². The largest absolute Gasteiger partial charge is 0.490 e. The molecule has 0 bridgehead atoms. The first kappa shape index (κ1) is 17.0. The van der Waals surface area contributed by atoms with Gasteiger partial charge in [-0.1, -0.05) is 6.08 Å². The van der Waals surface area contributed by atoms with Crippen LogP contribution in [0.2, 0.25) is 0 Å². The first-order valence-electron chi connectivity index (χ1n) is 9.15. The van der Waals surface area contributed by atoms with Crippen LogP contribution in [0.15, 0.2) is 35.5 Å². The first-order chi connectivity index (χ1) is 12.6. The van der Waals surface area contributed by atoms with Crippen LogP contribution in [0.4, 0.5) is 5.82 Å². The zero-order chi connectivity index (χ0) is 18.1. The van der Waals surface area contributed by atoms with Crippen LogP contribution in [-0.4, -0.2) is 54.1 Å². The van der Waals surface area contributed by atoms with Crippen molar-refractivity contribution < 1.29 is 9.47 Å². The van der Waals surface area contributed by atoms with E-state index in [-0.39, 0.29) is 12.1 Å². The molecule has 1 atom stereocenters. The maximum atomic E-state index is 6.13. The van der Waals surface area contributed by atoms with Gasteiger partial charge < -0.3 is 14.4 Å². The zero-order valence-corrected chi connectivity index (χ0v) is 15.5. The van der Waals surface area contributed by atoms with E-state index in [0.29, 0.717) is 19.8 Å². The van der Waals surface area contributed by atoms with Gasteiger partial charge in [-0.15, -0.1) is 0 Å². The molecule has 4 rings (SSSR count). The van der Waals surface area contributed by atoms with Gasteiger partial charge in [0.15, 0.2) is 0 Å². The summed E-state index contributed by atoms with van der Waals surface area (Å²) >= 11 is 0. The van der Waals surface area contributed by atoms with Gasteiger partial charge in [-0.05, 0) is 32.9 Å². The molecule has 2 aromatic rings. The molecule has 1 fully saturated rings. The number of morpholine rings is 1. The quantitative estimate of drug-likeness (QED) is 0.846. The molecule has 0 N–H and O–H groups in total. The Labute approximate surface area is 153 Å². The summed E-state index contributed by atoms with van der Waals surface area (Å²) in [5.74, 6) is 1.74. The van der Waals surface area contributed by atoms with Gasteiger partial charge in [0.05, 0.1) is 37.6 Å². The van der Waals surface area contributed by atoms with Crippen LogP contribution < -0.4 is 9.64 Å². The van der Waals surface area contributed by atoms with Crippen LogP contribution in [0.3, 0.4) is 0 Å². The number of nitrogens with zero attached hydrogens (tertiary/aromatic N) is 4. The number of hydrogen-bond donors (Lipinski definition) is 0. The van der Waals surface area contributed by atoms with Crippen LogP contribution in [0.25, 0.3) is 10.9 Å². The predicted octanol–water partition coefficient (Wildman–Crippen LogP) is 3.00. The van der Waals surface area contributed by atoms with Gasteiger partial charge in [0.1, 0.15) is 22.8 Å². The van der Waals surface area contributed by atoms with Gasteiger partial charge in [0.2, 0.25) is 0 Å². The molecule has 0 radical (unpaired) electrons. The fraction of sp³-hybridized carbons (Fsp3) is 0.450. The lowest BCUT2D eigenvalue weighted by molar-refractivity contribution is 0.0985. The molecular weight excluding hydrogens is 328 g/mol. The Balaban J connectivity index is 1.90. The lowest BCUT2D eigenvalue weighted by Crippen LogP contribution is -2.44. The maximum Gasteiger partial charge on any atom is 0.133 e. The van der Waals surface area contributed by atoms with E-state index in [0.717, 1.165) is 40.4 Å². The summed E-state index contributed by atoms with van der Waals surface area (Å²) < 4.78 is 11.7. The Bertz CT molecular complexity index is 875. The van der Waals surface area contributed by atoms with E-state index in [9.17, 15) is 0 Å². The highest BCUT2D eigenvalue weighted by Gasteiger charge is 2.23.